The Hall–Kier alpha value is -0.0400. The molecule has 0 aliphatic rings. The highest BCUT2D eigenvalue weighted by Gasteiger charge is 2.16. The van der Waals surface area contributed by atoms with Crippen molar-refractivity contribution in [2.45, 2.75) is 54.4 Å². The predicted octanol–water partition coefficient (Wildman–Crippen LogP) is 4.04. The summed E-state index contributed by atoms with van der Waals surface area (Å²) >= 11 is 0. The highest BCUT2D eigenvalue weighted by molar-refractivity contribution is 4.69. The van der Waals surface area contributed by atoms with Crippen molar-refractivity contribution in [3.05, 3.63) is 0 Å². The standard InChI is InChI=1S/C14H31N/c1-8-12(2)10-15(7)11-13(3)9-14(4,5)6/h12-13H,8-11H2,1-7H3. The van der Waals surface area contributed by atoms with Crippen molar-refractivity contribution in [2.75, 3.05) is 20.1 Å². The van der Waals surface area contributed by atoms with Crippen LogP contribution in [0.3, 0.4) is 0 Å². The fraction of sp³-hybridized carbons (Fsp3) is 1.00. The molecule has 0 aliphatic carbocycles. The Morgan fingerprint density at radius 3 is 1.87 bits per heavy atom. The molecule has 0 saturated heterocycles. The molecule has 0 amide bonds. The Balaban J connectivity index is 3.81. The molecular formula is C14H31N. The van der Waals surface area contributed by atoms with Crippen molar-refractivity contribution in [1.29, 1.82) is 0 Å². The summed E-state index contributed by atoms with van der Waals surface area (Å²) in [6.45, 7) is 16.5. The second-order valence-electron chi connectivity index (χ2n) is 6.60. The molecule has 0 aliphatic heterocycles. The van der Waals surface area contributed by atoms with Gasteiger partial charge in [0.1, 0.15) is 0 Å². The van der Waals surface area contributed by atoms with Crippen LogP contribution in [0, 0.1) is 17.3 Å². The average Bonchev–Trinajstić information content (AvgIpc) is 1.99. The van der Waals surface area contributed by atoms with E-state index >= 15 is 0 Å². The molecule has 0 aromatic heterocycles. The first kappa shape index (κ1) is 15.0. The SMILES string of the molecule is CCC(C)CN(C)CC(C)CC(C)(C)C. The maximum Gasteiger partial charge on any atom is 0.000428 e. The van der Waals surface area contributed by atoms with E-state index in [0.29, 0.717) is 5.41 Å². The van der Waals surface area contributed by atoms with Crippen molar-refractivity contribution in [2.24, 2.45) is 17.3 Å². The van der Waals surface area contributed by atoms with Crippen molar-refractivity contribution in [3.63, 3.8) is 0 Å². The van der Waals surface area contributed by atoms with E-state index in [1.54, 1.807) is 0 Å². The zero-order valence-corrected chi connectivity index (χ0v) is 11.9. The summed E-state index contributed by atoms with van der Waals surface area (Å²) in [5, 5.41) is 0. The summed E-state index contributed by atoms with van der Waals surface area (Å²) in [4.78, 5) is 2.49. The first-order valence-corrected chi connectivity index (χ1v) is 6.43. The second kappa shape index (κ2) is 6.52. The van der Waals surface area contributed by atoms with Crippen LogP contribution in [-0.2, 0) is 0 Å². The zero-order chi connectivity index (χ0) is 12.1. The summed E-state index contributed by atoms with van der Waals surface area (Å²) in [6, 6.07) is 0. The topological polar surface area (TPSA) is 3.24 Å². The number of hydrogen-bond donors (Lipinski definition) is 0. The van der Waals surface area contributed by atoms with Crippen LogP contribution < -0.4 is 0 Å². The Morgan fingerprint density at radius 1 is 1.00 bits per heavy atom. The van der Waals surface area contributed by atoms with E-state index in [1.807, 2.05) is 0 Å². The van der Waals surface area contributed by atoms with E-state index in [1.165, 1.54) is 25.9 Å². The minimum atomic E-state index is 0.469. The number of nitrogens with zero attached hydrogens (tertiary/aromatic N) is 1. The van der Waals surface area contributed by atoms with Gasteiger partial charge in [0.05, 0.1) is 0 Å². The summed E-state index contributed by atoms with van der Waals surface area (Å²) in [5.41, 5.74) is 0.469. The highest BCUT2D eigenvalue weighted by Crippen LogP contribution is 2.24. The summed E-state index contributed by atoms with van der Waals surface area (Å²) in [6.07, 6.45) is 2.61. The van der Waals surface area contributed by atoms with Crippen LogP contribution in [0.5, 0.6) is 0 Å². The molecule has 0 radical (unpaired) electrons. The molecule has 0 N–H and O–H groups in total. The molecule has 1 heteroatoms. The van der Waals surface area contributed by atoms with Gasteiger partial charge in [0.15, 0.2) is 0 Å². The van der Waals surface area contributed by atoms with Gasteiger partial charge < -0.3 is 4.90 Å². The van der Waals surface area contributed by atoms with E-state index in [2.05, 4.69) is 53.5 Å². The van der Waals surface area contributed by atoms with Gasteiger partial charge in [-0.1, -0.05) is 48.0 Å². The molecule has 92 valence electrons. The Morgan fingerprint density at radius 2 is 1.47 bits per heavy atom. The van der Waals surface area contributed by atoms with E-state index in [-0.39, 0.29) is 0 Å². The molecule has 2 atom stereocenters. The van der Waals surface area contributed by atoms with Crippen LogP contribution in [0.25, 0.3) is 0 Å². The lowest BCUT2D eigenvalue weighted by atomic mass is 9.85. The smallest absolute Gasteiger partial charge is 0.000428 e. The van der Waals surface area contributed by atoms with E-state index < -0.39 is 0 Å². The normalized spacial score (nSPS) is 16.8. The quantitative estimate of drug-likeness (QED) is 0.644. The molecule has 0 aromatic carbocycles. The van der Waals surface area contributed by atoms with Crippen molar-refractivity contribution < 1.29 is 0 Å². The van der Waals surface area contributed by atoms with E-state index in [4.69, 9.17) is 0 Å². The first-order chi connectivity index (χ1) is 6.74. The predicted molar refractivity (Wildman–Crippen MR) is 70.2 cm³/mol. The lowest BCUT2D eigenvalue weighted by Crippen LogP contribution is -2.30. The second-order valence-corrected chi connectivity index (χ2v) is 6.60. The molecule has 0 aromatic rings. The van der Waals surface area contributed by atoms with Gasteiger partial charge >= 0.3 is 0 Å². The van der Waals surface area contributed by atoms with Gasteiger partial charge in [-0.05, 0) is 30.7 Å². The lowest BCUT2D eigenvalue weighted by molar-refractivity contribution is 0.209. The van der Waals surface area contributed by atoms with Crippen molar-refractivity contribution in [3.8, 4) is 0 Å². The minimum absolute atomic E-state index is 0.469. The van der Waals surface area contributed by atoms with Crippen molar-refractivity contribution >= 4 is 0 Å². The van der Waals surface area contributed by atoms with E-state index in [9.17, 15) is 0 Å². The van der Waals surface area contributed by atoms with Gasteiger partial charge in [0.25, 0.3) is 0 Å². The minimum Gasteiger partial charge on any atom is -0.306 e. The van der Waals surface area contributed by atoms with Crippen LogP contribution in [0.4, 0.5) is 0 Å². The number of rotatable bonds is 6. The van der Waals surface area contributed by atoms with Crippen LogP contribution in [0.1, 0.15) is 54.4 Å². The fourth-order valence-corrected chi connectivity index (χ4v) is 2.38. The zero-order valence-electron chi connectivity index (χ0n) is 11.9. The highest BCUT2D eigenvalue weighted by atomic mass is 15.1. The number of hydrogen-bond acceptors (Lipinski definition) is 1. The third-order valence-electron chi connectivity index (χ3n) is 2.90. The molecule has 2 unspecified atom stereocenters. The Labute approximate surface area is 97.2 Å². The molecule has 0 fully saturated rings. The third kappa shape index (κ3) is 8.92. The van der Waals surface area contributed by atoms with Gasteiger partial charge in [-0.3, -0.25) is 0 Å². The largest absolute Gasteiger partial charge is 0.306 e. The van der Waals surface area contributed by atoms with Gasteiger partial charge in [0.2, 0.25) is 0 Å². The van der Waals surface area contributed by atoms with Crippen LogP contribution in [-0.4, -0.2) is 25.0 Å². The maximum atomic E-state index is 2.49. The monoisotopic (exact) mass is 213 g/mol. The van der Waals surface area contributed by atoms with Crippen LogP contribution in [0.15, 0.2) is 0 Å². The summed E-state index contributed by atoms with van der Waals surface area (Å²) < 4.78 is 0. The van der Waals surface area contributed by atoms with Gasteiger partial charge in [-0.25, -0.2) is 0 Å². The molecule has 0 spiro atoms. The molecular weight excluding hydrogens is 182 g/mol. The van der Waals surface area contributed by atoms with Crippen molar-refractivity contribution in [1.82, 2.24) is 4.90 Å². The molecule has 0 rings (SSSR count). The van der Waals surface area contributed by atoms with Gasteiger partial charge in [-0.15, -0.1) is 0 Å². The third-order valence-corrected chi connectivity index (χ3v) is 2.90. The molecule has 1 nitrogen and oxygen atoms in total. The summed E-state index contributed by atoms with van der Waals surface area (Å²) in [7, 11) is 2.26. The van der Waals surface area contributed by atoms with Gasteiger partial charge in [0, 0.05) is 13.1 Å². The fourth-order valence-electron chi connectivity index (χ4n) is 2.38. The van der Waals surface area contributed by atoms with Crippen LogP contribution >= 0.6 is 0 Å². The van der Waals surface area contributed by atoms with Gasteiger partial charge in [-0.2, -0.15) is 0 Å². The molecule has 0 saturated carbocycles. The average molecular weight is 213 g/mol. The van der Waals surface area contributed by atoms with E-state index in [0.717, 1.165) is 11.8 Å². The Kier molecular flexibility index (Phi) is 6.51. The molecule has 15 heavy (non-hydrogen) atoms. The van der Waals surface area contributed by atoms with Crippen LogP contribution in [0.2, 0.25) is 0 Å². The maximum absolute atomic E-state index is 2.49. The summed E-state index contributed by atoms with van der Waals surface area (Å²) in [5.74, 6) is 1.64. The Bertz CT molecular complexity index is 157. The first-order valence-electron chi connectivity index (χ1n) is 6.43. The molecule has 0 heterocycles. The lowest BCUT2D eigenvalue weighted by Gasteiger charge is -2.28. The molecule has 0 bridgehead atoms.